The number of rotatable bonds is 4. The summed E-state index contributed by atoms with van der Waals surface area (Å²) in [6, 6.07) is 5.52. The first-order valence-electron chi connectivity index (χ1n) is 5.57. The zero-order valence-corrected chi connectivity index (χ0v) is 11.9. The number of aliphatic hydroxyl groups excluding tert-OH is 2. The lowest BCUT2D eigenvalue weighted by molar-refractivity contribution is 0.0337. The third-order valence-corrected chi connectivity index (χ3v) is 4.63. The maximum Gasteiger partial charge on any atom is 0.109 e. The highest BCUT2D eigenvalue weighted by Crippen LogP contribution is 2.26. The van der Waals surface area contributed by atoms with Crippen molar-refractivity contribution in [1.82, 2.24) is 0 Å². The summed E-state index contributed by atoms with van der Waals surface area (Å²) in [7, 11) is 0. The molecule has 1 saturated heterocycles. The van der Waals surface area contributed by atoms with Crippen LogP contribution in [0.5, 0.6) is 0 Å². The first-order chi connectivity index (χ1) is 8.58. The molecular formula is C12H14Cl2O3S. The number of hydrogen-bond donors (Lipinski definition) is 2. The molecule has 100 valence electrons. The first kappa shape index (κ1) is 14.4. The zero-order chi connectivity index (χ0) is 13.1. The van der Waals surface area contributed by atoms with E-state index in [-0.39, 0.29) is 12.7 Å². The van der Waals surface area contributed by atoms with E-state index in [1.165, 1.54) is 0 Å². The summed E-state index contributed by atoms with van der Waals surface area (Å²) < 4.78 is 5.29. The molecule has 1 aliphatic heterocycles. The molecule has 0 aliphatic carbocycles. The average Bonchev–Trinajstić information content (AvgIpc) is 2.66. The Hall–Kier alpha value is 0.0300. The predicted octanol–water partition coefficient (Wildman–Crippen LogP) is 2.35. The molecule has 1 aliphatic rings. The standard InChI is InChI=1S/C12H14Cl2O3S/c13-8-2-1-7(3-9(8)14)5-18-6-11-12(16)10(15)4-17-11/h1-3,10-12,15-16H,4-6H2. The lowest BCUT2D eigenvalue weighted by Gasteiger charge is -2.14. The highest BCUT2D eigenvalue weighted by atomic mass is 35.5. The second-order valence-electron chi connectivity index (χ2n) is 4.19. The smallest absolute Gasteiger partial charge is 0.109 e. The maximum atomic E-state index is 9.61. The van der Waals surface area contributed by atoms with E-state index in [1.807, 2.05) is 12.1 Å². The molecule has 18 heavy (non-hydrogen) atoms. The number of benzene rings is 1. The van der Waals surface area contributed by atoms with E-state index in [1.54, 1.807) is 17.8 Å². The summed E-state index contributed by atoms with van der Waals surface area (Å²) in [5.74, 6) is 1.40. The van der Waals surface area contributed by atoms with E-state index in [2.05, 4.69) is 0 Å². The molecule has 3 atom stereocenters. The van der Waals surface area contributed by atoms with Crippen LogP contribution in [0.4, 0.5) is 0 Å². The van der Waals surface area contributed by atoms with Crippen LogP contribution < -0.4 is 0 Å². The molecule has 3 unspecified atom stereocenters. The van der Waals surface area contributed by atoms with Crippen LogP contribution in [0.15, 0.2) is 18.2 Å². The molecule has 0 radical (unpaired) electrons. The van der Waals surface area contributed by atoms with Crippen molar-refractivity contribution >= 4 is 35.0 Å². The van der Waals surface area contributed by atoms with Gasteiger partial charge in [0.1, 0.15) is 12.2 Å². The van der Waals surface area contributed by atoms with Gasteiger partial charge in [-0.2, -0.15) is 11.8 Å². The first-order valence-corrected chi connectivity index (χ1v) is 7.48. The molecule has 3 nitrogen and oxygen atoms in total. The van der Waals surface area contributed by atoms with Crippen molar-refractivity contribution in [2.45, 2.75) is 24.1 Å². The minimum Gasteiger partial charge on any atom is -0.388 e. The number of ether oxygens (including phenoxy) is 1. The van der Waals surface area contributed by atoms with E-state index in [0.29, 0.717) is 15.8 Å². The Balaban J connectivity index is 1.80. The third kappa shape index (κ3) is 3.53. The van der Waals surface area contributed by atoms with Gasteiger partial charge >= 0.3 is 0 Å². The van der Waals surface area contributed by atoms with Crippen molar-refractivity contribution in [3.63, 3.8) is 0 Å². The summed E-state index contributed by atoms with van der Waals surface area (Å²) in [6.07, 6.45) is -1.85. The van der Waals surface area contributed by atoms with Crippen molar-refractivity contribution in [2.75, 3.05) is 12.4 Å². The molecule has 1 heterocycles. The van der Waals surface area contributed by atoms with Gasteiger partial charge in [0.15, 0.2) is 0 Å². The minimum atomic E-state index is -0.786. The Kier molecular flexibility index (Phi) is 5.18. The summed E-state index contributed by atoms with van der Waals surface area (Å²) in [6.45, 7) is 0.208. The largest absolute Gasteiger partial charge is 0.388 e. The van der Waals surface area contributed by atoms with Crippen LogP contribution in [0.2, 0.25) is 10.0 Å². The summed E-state index contributed by atoms with van der Waals surface area (Å²) in [5, 5.41) is 20.0. The lowest BCUT2D eigenvalue weighted by atomic mass is 10.2. The van der Waals surface area contributed by atoms with Crippen LogP contribution in [-0.4, -0.2) is 40.9 Å². The molecule has 2 N–H and O–H groups in total. The molecule has 0 amide bonds. The second-order valence-corrected chi connectivity index (χ2v) is 6.04. The second kappa shape index (κ2) is 6.46. The number of halogens is 2. The Morgan fingerprint density at radius 2 is 2.06 bits per heavy atom. The van der Waals surface area contributed by atoms with Gasteiger partial charge in [-0.25, -0.2) is 0 Å². The number of aliphatic hydroxyl groups is 2. The van der Waals surface area contributed by atoms with E-state index in [0.717, 1.165) is 11.3 Å². The molecule has 1 aromatic carbocycles. The van der Waals surface area contributed by atoms with Gasteiger partial charge in [0.2, 0.25) is 0 Å². The van der Waals surface area contributed by atoms with E-state index < -0.39 is 12.2 Å². The number of hydrogen-bond acceptors (Lipinski definition) is 4. The highest BCUT2D eigenvalue weighted by Gasteiger charge is 2.34. The van der Waals surface area contributed by atoms with Gasteiger partial charge in [-0.15, -0.1) is 0 Å². The van der Waals surface area contributed by atoms with Gasteiger partial charge in [0.25, 0.3) is 0 Å². The van der Waals surface area contributed by atoms with Crippen LogP contribution in [0.3, 0.4) is 0 Å². The van der Waals surface area contributed by atoms with Crippen LogP contribution in [-0.2, 0) is 10.5 Å². The molecule has 1 fully saturated rings. The van der Waals surface area contributed by atoms with Crippen molar-refractivity contribution < 1.29 is 14.9 Å². The van der Waals surface area contributed by atoms with Crippen molar-refractivity contribution in [2.24, 2.45) is 0 Å². The predicted molar refractivity (Wildman–Crippen MR) is 74.4 cm³/mol. The molecule has 0 spiro atoms. The van der Waals surface area contributed by atoms with Crippen molar-refractivity contribution in [1.29, 1.82) is 0 Å². The fourth-order valence-corrected chi connectivity index (χ4v) is 3.12. The summed E-state index contributed by atoms with van der Waals surface area (Å²) in [4.78, 5) is 0. The van der Waals surface area contributed by atoms with Crippen molar-refractivity contribution in [3.8, 4) is 0 Å². The van der Waals surface area contributed by atoms with E-state index in [4.69, 9.17) is 27.9 Å². The lowest BCUT2D eigenvalue weighted by Crippen LogP contribution is -2.31. The van der Waals surface area contributed by atoms with Gasteiger partial charge in [0, 0.05) is 11.5 Å². The van der Waals surface area contributed by atoms with Crippen LogP contribution in [0.25, 0.3) is 0 Å². The summed E-state index contributed by atoms with van der Waals surface area (Å²) >= 11 is 13.4. The molecule has 1 aromatic rings. The molecule has 0 bridgehead atoms. The summed E-state index contributed by atoms with van der Waals surface area (Å²) in [5.41, 5.74) is 1.07. The molecule has 2 rings (SSSR count). The van der Waals surface area contributed by atoms with Gasteiger partial charge in [-0.1, -0.05) is 29.3 Å². The van der Waals surface area contributed by atoms with Crippen molar-refractivity contribution in [3.05, 3.63) is 33.8 Å². The fourth-order valence-electron chi connectivity index (χ4n) is 1.74. The zero-order valence-electron chi connectivity index (χ0n) is 9.55. The Labute approximate surface area is 120 Å². The van der Waals surface area contributed by atoms with Crippen LogP contribution in [0, 0.1) is 0 Å². The topological polar surface area (TPSA) is 49.7 Å². The normalized spacial score (nSPS) is 27.7. The average molecular weight is 309 g/mol. The Morgan fingerprint density at radius 1 is 1.28 bits per heavy atom. The molecule has 6 heteroatoms. The Morgan fingerprint density at radius 3 is 2.67 bits per heavy atom. The molecule has 0 aromatic heterocycles. The molecular weight excluding hydrogens is 295 g/mol. The molecule has 0 saturated carbocycles. The van der Waals surface area contributed by atoms with E-state index in [9.17, 15) is 10.2 Å². The quantitative estimate of drug-likeness (QED) is 0.896. The Bertz CT molecular complexity index is 416. The van der Waals surface area contributed by atoms with E-state index >= 15 is 0 Å². The van der Waals surface area contributed by atoms with Crippen LogP contribution >= 0.6 is 35.0 Å². The van der Waals surface area contributed by atoms with Gasteiger partial charge in [0.05, 0.1) is 22.8 Å². The maximum absolute atomic E-state index is 9.61. The SMILES string of the molecule is OC1COC(CSCc2ccc(Cl)c(Cl)c2)C1O. The fraction of sp³-hybridized carbons (Fsp3) is 0.500. The van der Waals surface area contributed by atoms with Gasteiger partial charge in [-0.05, 0) is 17.7 Å². The highest BCUT2D eigenvalue weighted by molar-refractivity contribution is 7.98. The monoisotopic (exact) mass is 308 g/mol. The van der Waals surface area contributed by atoms with Gasteiger partial charge in [-0.3, -0.25) is 0 Å². The minimum absolute atomic E-state index is 0.208. The van der Waals surface area contributed by atoms with Crippen LogP contribution in [0.1, 0.15) is 5.56 Å². The number of thioether (sulfide) groups is 1. The van der Waals surface area contributed by atoms with Gasteiger partial charge < -0.3 is 14.9 Å². The third-order valence-electron chi connectivity index (χ3n) is 2.79.